The topological polar surface area (TPSA) is 101 Å². The second-order valence-electron chi connectivity index (χ2n) is 5.82. The Bertz CT molecular complexity index is 711. The average Bonchev–Trinajstić information content (AvgIpc) is 3.12. The van der Waals surface area contributed by atoms with Gasteiger partial charge in [-0.1, -0.05) is 5.16 Å². The van der Waals surface area contributed by atoms with Gasteiger partial charge in [0.2, 0.25) is 5.91 Å². The van der Waals surface area contributed by atoms with E-state index in [1.54, 1.807) is 0 Å². The van der Waals surface area contributed by atoms with Crippen LogP contribution in [0.4, 0.5) is 5.82 Å². The lowest BCUT2D eigenvalue weighted by Gasteiger charge is -2.29. The Balaban J connectivity index is 2.02. The highest BCUT2D eigenvalue weighted by atomic mass is 16.5. The van der Waals surface area contributed by atoms with Crippen LogP contribution in [-0.2, 0) is 4.79 Å². The van der Waals surface area contributed by atoms with Crippen LogP contribution in [0.2, 0.25) is 0 Å². The summed E-state index contributed by atoms with van der Waals surface area (Å²) in [4.78, 5) is 25.1. The summed E-state index contributed by atoms with van der Waals surface area (Å²) < 4.78 is 5.21. The van der Waals surface area contributed by atoms with E-state index in [0.29, 0.717) is 43.3 Å². The minimum atomic E-state index is -0.308. The molecule has 0 bridgehead atoms. The van der Waals surface area contributed by atoms with Gasteiger partial charge in [0.15, 0.2) is 0 Å². The molecule has 0 aliphatic carbocycles. The first kappa shape index (κ1) is 15.7. The van der Waals surface area contributed by atoms with Crippen LogP contribution < -0.4 is 10.6 Å². The molecule has 2 aromatic rings. The zero-order valence-electron chi connectivity index (χ0n) is 13.7. The first-order valence-electron chi connectivity index (χ1n) is 7.94. The summed E-state index contributed by atoms with van der Waals surface area (Å²) in [7, 11) is 0. The van der Waals surface area contributed by atoms with Gasteiger partial charge >= 0.3 is 0 Å². The fourth-order valence-electron chi connectivity index (χ4n) is 3.20. The summed E-state index contributed by atoms with van der Waals surface area (Å²) in [5.74, 6) is 0.760. The second kappa shape index (κ2) is 6.11. The van der Waals surface area contributed by atoms with E-state index in [1.165, 1.54) is 6.33 Å². The molecular weight excluding hydrogens is 296 g/mol. The minimum Gasteiger partial charge on any atom is -0.342 e. The quantitative estimate of drug-likeness (QED) is 0.885. The molecule has 0 unspecified atom stereocenters. The molecule has 1 fully saturated rings. The lowest BCUT2D eigenvalue weighted by atomic mass is 10.1. The van der Waals surface area contributed by atoms with Gasteiger partial charge < -0.3 is 20.1 Å². The molecule has 1 saturated heterocycles. The van der Waals surface area contributed by atoms with Crippen molar-refractivity contribution in [1.29, 1.82) is 0 Å². The van der Waals surface area contributed by atoms with Crippen molar-refractivity contribution < 1.29 is 9.32 Å². The van der Waals surface area contributed by atoms with Crippen LogP contribution in [0.3, 0.4) is 0 Å². The molecule has 3 rings (SSSR count). The largest absolute Gasteiger partial charge is 0.342 e. The van der Waals surface area contributed by atoms with Crippen molar-refractivity contribution in [2.75, 3.05) is 24.5 Å². The number of hydrogen-bond acceptors (Lipinski definition) is 7. The smallest absolute Gasteiger partial charge is 0.263 e. The zero-order chi connectivity index (χ0) is 16.6. The van der Waals surface area contributed by atoms with Crippen molar-refractivity contribution in [3.8, 4) is 0 Å². The number of rotatable bonds is 4. The Kier molecular flexibility index (Phi) is 4.16. The third kappa shape index (κ3) is 2.63. The maximum Gasteiger partial charge on any atom is 0.263 e. The average molecular weight is 318 g/mol. The number of anilines is 1. The standard InChI is InChI=1S/C15H22N6O2/c1-4-20(5-2)15(22)11-6-10(16)7-21(11)13-12-9(3)19-23-14(12)18-8-17-13/h8,10-11H,4-7,16H2,1-3H3/t10-,11-/m0/s1. The monoisotopic (exact) mass is 318 g/mol. The number of aryl methyl sites for hydroxylation is 1. The molecule has 2 aromatic heterocycles. The molecule has 2 atom stereocenters. The predicted molar refractivity (Wildman–Crippen MR) is 86.0 cm³/mol. The molecule has 1 aliphatic heterocycles. The third-order valence-electron chi connectivity index (χ3n) is 4.39. The number of carbonyl (C=O) groups is 1. The number of likely N-dealkylation sites (N-methyl/N-ethyl adjacent to an activating group) is 1. The fraction of sp³-hybridized carbons (Fsp3) is 0.600. The van der Waals surface area contributed by atoms with E-state index in [0.717, 1.165) is 5.39 Å². The molecule has 8 nitrogen and oxygen atoms in total. The van der Waals surface area contributed by atoms with E-state index in [9.17, 15) is 4.79 Å². The molecule has 0 radical (unpaired) electrons. The van der Waals surface area contributed by atoms with Gasteiger partial charge in [0.1, 0.15) is 23.6 Å². The Morgan fingerprint density at radius 1 is 1.43 bits per heavy atom. The van der Waals surface area contributed by atoms with E-state index < -0.39 is 0 Å². The van der Waals surface area contributed by atoms with Crippen molar-refractivity contribution in [3.05, 3.63) is 12.0 Å². The van der Waals surface area contributed by atoms with Crippen molar-refractivity contribution in [2.24, 2.45) is 5.73 Å². The van der Waals surface area contributed by atoms with Crippen LogP contribution in [0.15, 0.2) is 10.9 Å². The summed E-state index contributed by atoms with van der Waals surface area (Å²) in [6.07, 6.45) is 2.05. The number of carbonyl (C=O) groups excluding carboxylic acids is 1. The highest BCUT2D eigenvalue weighted by Gasteiger charge is 2.39. The molecule has 2 N–H and O–H groups in total. The molecule has 8 heteroatoms. The Morgan fingerprint density at radius 3 is 2.87 bits per heavy atom. The predicted octanol–water partition coefficient (Wildman–Crippen LogP) is 0.701. The van der Waals surface area contributed by atoms with Crippen LogP contribution in [-0.4, -0.2) is 57.6 Å². The fourth-order valence-corrected chi connectivity index (χ4v) is 3.20. The normalized spacial score (nSPS) is 21.1. The lowest BCUT2D eigenvalue weighted by Crippen LogP contribution is -2.46. The van der Waals surface area contributed by atoms with E-state index in [-0.39, 0.29) is 18.0 Å². The molecule has 1 aliphatic rings. The highest BCUT2D eigenvalue weighted by molar-refractivity contribution is 5.92. The molecule has 0 spiro atoms. The van der Waals surface area contributed by atoms with Crippen molar-refractivity contribution in [1.82, 2.24) is 20.0 Å². The van der Waals surface area contributed by atoms with E-state index >= 15 is 0 Å². The van der Waals surface area contributed by atoms with Gasteiger partial charge in [-0.05, 0) is 27.2 Å². The lowest BCUT2D eigenvalue weighted by molar-refractivity contribution is -0.132. The number of fused-ring (bicyclic) bond motifs is 1. The molecule has 1 amide bonds. The maximum atomic E-state index is 12.8. The molecule has 0 saturated carbocycles. The second-order valence-corrected chi connectivity index (χ2v) is 5.82. The SMILES string of the molecule is CCN(CC)C(=O)[C@@H]1C[C@H](N)CN1c1ncnc2onc(C)c12. The Hall–Kier alpha value is -2.22. The molecular formula is C15H22N6O2. The summed E-state index contributed by atoms with van der Waals surface area (Å²) in [6, 6.07) is -0.373. The molecule has 23 heavy (non-hydrogen) atoms. The van der Waals surface area contributed by atoms with E-state index in [4.69, 9.17) is 10.3 Å². The highest BCUT2D eigenvalue weighted by Crippen LogP contribution is 2.31. The van der Waals surface area contributed by atoms with Gasteiger partial charge in [-0.25, -0.2) is 4.98 Å². The third-order valence-corrected chi connectivity index (χ3v) is 4.39. The van der Waals surface area contributed by atoms with Crippen LogP contribution in [0.5, 0.6) is 0 Å². The minimum absolute atomic E-state index is 0.0651. The van der Waals surface area contributed by atoms with Gasteiger partial charge in [-0.2, -0.15) is 4.98 Å². The van der Waals surface area contributed by atoms with Gasteiger partial charge in [0, 0.05) is 25.7 Å². The van der Waals surface area contributed by atoms with Crippen LogP contribution in [0, 0.1) is 6.92 Å². The first-order chi connectivity index (χ1) is 11.1. The van der Waals surface area contributed by atoms with Crippen molar-refractivity contribution in [3.63, 3.8) is 0 Å². The van der Waals surface area contributed by atoms with Crippen LogP contribution >= 0.6 is 0 Å². The van der Waals surface area contributed by atoms with Crippen molar-refractivity contribution in [2.45, 2.75) is 39.3 Å². The Labute approximate surface area is 134 Å². The molecule has 124 valence electrons. The number of hydrogen-bond donors (Lipinski definition) is 1. The van der Waals surface area contributed by atoms with Gasteiger partial charge in [0.05, 0.1) is 5.69 Å². The molecule has 3 heterocycles. The van der Waals surface area contributed by atoms with Gasteiger partial charge in [-0.15, -0.1) is 0 Å². The number of nitrogens with zero attached hydrogens (tertiary/aromatic N) is 5. The Morgan fingerprint density at radius 2 is 2.17 bits per heavy atom. The van der Waals surface area contributed by atoms with Gasteiger partial charge in [-0.3, -0.25) is 4.79 Å². The number of amides is 1. The van der Waals surface area contributed by atoms with E-state index in [2.05, 4.69) is 15.1 Å². The van der Waals surface area contributed by atoms with Crippen LogP contribution in [0.25, 0.3) is 11.1 Å². The first-order valence-corrected chi connectivity index (χ1v) is 7.94. The summed E-state index contributed by atoms with van der Waals surface area (Å²) >= 11 is 0. The number of aromatic nitrogens is 3. The van der Waals surface area contributed by atoms with E-state index in [1.807, 2.05) is 30.6 Å². The summed E-state index contributed by atoms with van der Waals surface area (Å²) in [5.41, 5.74) is 7.28. The summed E-state index contributed by atoms with van der Waals surface area (Å²) in [5, 5.41) is 4.70. The van der Waals surface area contributed by atoms with Gasteiger partial charge in [0.25, 0.3) is 5.71 Å². The van der Waals surface area contributed by atoms with Crippen LogP contribution in [0.1, 0.15) is 26.0 Å². The zero-order valence-corrected chi connectivity index (χ0v) is 13.7. The molecule has 0 aromatic carbocycles. The number of nitrogens with two attached hydrogens (primary N) is 1. The summed E-state index contributed by atoms with van der Waals surface area (Å²) in [6.45, 7) is 7.74. The maximum absolute atomic E-state index is 12.8. The van der Waals surface area contributed by atoms with Crippen molar-refractivity contribution >= 4 is 22.8 Å².